The zero-order chi connectivity index (χ0) is 18.5. The minimum Gasteiger partial charge on any atom is -0.330 e. The SMILES string of the molecule is O=C(c1ccccc1Cl)N(Cc1ccccc1)Cc1c(F)cccc1Cl. The minimum absolute atomic E-state index is 0.0461. The van der Waals surface area contributed by atoms with Crippen LogP contribution >= 0.6 is 23.2 Å². The highest BCUT2D eigenvalue weighted by molar-refractivity contribution is 6.33. The number of hydrogen-bond donors (Lipinski definition) is 0. The molecule has 0 N–H and O–H groups in total. The molecule has 26 heavy (non-hydrogen) atoms. The van der Waals surface area contributed by atoms with Gasteiger partial charge in [-0.3, -0.25) is 4.79 Å². The van der Waals surface area contributed by atoms with E-state index in [9.17, 15) is 9.18 Å². The summed E-state index contributed by atoms with van der Waals surface area (Å²) in [7, 11) is 0. The summed E-state index contributed by atoms with van der Waals surface area (Å²) in [6.45, 7) is 0.361. The molecule has 0 aromatic heterocycles. The van der Waals surface area contributed by atoms with Gasteiger partial charge in [-0.15, -0.1) is 0 Å². The Balaban J connectivity index is 1.96. The van der Waals surface area contributed by atoms with Crippen molar-refractivity contribution in [1.82, 2.24) is 4.90 Å². The molecule has 0 spiro atoms. The van der Waals surface area contributed by atoms with Gasteiger partial charge in [0, 0.05) is 17.1 Å². The van der Waals surface area contributed by atoms with E-state index in [1.54, 1.807) is 41.3 Å². The van der Waals surface area contributed by atoms with Crippen molar-refractivity contribution < 1.29 is 9.18 Å². The van der Waals surface area contributed by atoms with Crippen LogP contribution < -0.4 is 0 Å². The highest BCUT2D eigenvalue weighted by atomic mass is 35.5. The van der Waals surface area contributed by atoms with E-state index in [2.05, 4.69) is 0 Å². The number of carbonyl (C=O) groups is 1. The quantitative estimate of drug-likeness (QED) is 0.527. The molecule has 0 radical (unpaired) electrons. The molecule has 0 aliphatic heterocycles. The van der Waals surface area contributed by atoms with Gasteiger partial charge in [-0.25, -0.2) is 4.39 Å². The van der Waals surface area contributed by atoms with Crippen molar-refractivity contribution in [2.45, 2.75) is 13.1 Å². The van der Waals surface area contributed by atoms with E-state index in [1.807, 2.05) is 30.3 Å². The first-order valence-electron chi connectivity index (χ1n) is 8.07. The van der Waals surface area contributed by atoms with Crippen LogP contribution in [0, 0.1) is 5.82 Å². The molecule has 1 amide bonds. The van der Waals surface area contributed by atoms with Gasteiger partial charge in [0.25, 0.3) is 5.91 Å². The van der Waals surface area contributed by atoms with Crippen LogP contribution in [0.15, 0.2) is 72.8 Å². The van der Waals surface area contributed by atoms with E-state index in [-0.39, 0.29) is 23.0 Å². The zero-order valence-corrected chi connectivity index (χ0v) is 15.3. The maximum absolute atomic E-state index is 14.2. The molecule has 0 bridgehead atoms. The summed E-state index contributed by atoms with van der Waals surface area (Å²) in [5.74, 6) is -0.721. The molecule has 0 atom stereocenters. The maximum Gasteiger partial charge on any atom is 0.255 e. The lowest BCUT2D eigenvalue weighted by Crippen LogP contribution is -2.30. The van der Waals surface area contributed by atoms with Gasteiger partial charge in [-0.05, 0) is 29.8 Å². The molecule has 0 aliphatic rings. The highest BCUT2D eigenvalue weighted by Crippen LogP contribution is 2.24. The van der Waals surface area contributed by atoms with Gasteiger partial charge in [0.2, 0.25) is 0 Å². The van der Waals surface area contributed by atoms with Gasteiger partial charge in [0.1, 0.15) is 5.82 Å². The van der Waals surface area contributed by atoms with Crippen molar-refractivity contribution in [1.29, 1.82) is 0 Å². The first kappa shape index (κ1) is 18.4. The van der Waals surface area contributed by atoms with E-state index in [1.165, 1.54) is 6.07 Å². The predicted molar refractivity (Wildman–Crippen MR) is 103 cm³/mol. The molecule has 0 heterocycles. The minimum atomic E-state index is -0.442. The molecule has 5 heteroatoms. The third kappa shape index (κ3) is 4.24. The number of hydrogen-bond acceptors (Lipinski definition) is 1. The third-order valence-electron chi connectivity index (χ3n) is 4.02. The van der Waals surface area contributed by atoms with Crippen molar-refractivity contribution in [3.05, 3.63) is 105 Å². The highest BCUT2D eigenvalue weighted by Gasteiger charge is 2.21. The van der Waals surface area contributed by atoms with Crippen LogP contribution in [0.1, 0.15) is 21.5 Å². The normalized spacial score (nSPS) is 10.6. The predicted octanol–water partition coefficient (Wildman–Crippen LogP) is 5.98. The lowest BCUT2D eigenvalue weighted by atomic mass is 10.1. The van der Waals surface area contributed by atoms with Crippen molar-refractivity contribution in [2.75, 3.05) is 0 Å². The van der Waals surface area contributed by atoms with Gasteiger partial charge in [-0.1, -0.05) is 71.7 Å². The number of benzene rings is 3. The summed E-state index contributed by atoms with van der Waals surface area (Å²) in [5.41, 5.74) is 1.59. The molecule has 0 saturated carbocycles. The van der Waals surface area contributed by atoms with E-state index >= 15 is 0 Å². The van der Waals surface area contributed by atoms with E-state index < -0.39 is 5.82 Å². The number of halogens is 3. The van der Waals surface area contributed by atoms with Crippen molar-refractivity contribution in [3.8, 4) is 0 Å². The zero-order valence-electron chi connectivity index (χ0n) is 13.8. The second kappa shape index (κ2) is 8.35. The molecule has 132 valence electrons. The van der Waals surface area contributed by atoms with Crippen LogP contribution in [0.4, 0.5) is 4.39 Å². The van der Waals surface area contributed by atoms with Crippen molar-refractivity contribution in [3.63, 3.8) is 0 Å². The Labute approximate surface area is 161 Å². The largest absolute Gasteiger partial charge is 0.330 e. The van der Waals surface area contributed by atoms with Gasteiger partial charge in [0.15, 0.2) is 0 Å². The van der Waals surface area contributed by atoms with Crippen LogP contribution in [0.5, 0.6) is 0 Å². The molecular weight excluding hydrogens is 372 g/mol. The van der Waals surface area contributed by atoms with Gasteiger partial charge >= 0.3 is 0 Å². The molecule has 0 unspecified atom stereocenters. The van der Waals surface area contributed by atoms with Crippen LogP contribution in [0.2, 0.25) is 10.0 Å². The van der Waals surface area contributed by atoms with Crippen LogP contribution in [-0.4, -0.2) is 10.8 Å². The molecular formula is C21H16Cl2FNO. The Morgan fingerprint density at radius 3 is 2.15 bits per heavy atom. The lowest BCUT2D eigenvalue weighted by molar-refractivity contribution is 0.0728. The smallest absolute Gasteiger partial charge is 0.255 e. The first-order valence-corrected chi connectivity index (χ1v) is 8.82. The maximum atomic E-state index is 14.2. The summed E-state index contributed by atoms with van der Waals surface area (Å²) in [6, 6.07) is 20.8. The molecule has 3 aromatic carbocycles. The second-order valence-electron chi connectivity index (χ2n) is 5.83. The third-order valence-corrected chi connectivity index (χ3v) is 4.70. The standard InChI is InChI=1S/C21H16Cl2FNO/c22-18-10-5-4-9-16(18)21(26)25(13-15-7-2-1-3-8-15)14-17-19(23)11-6-12-20(17)24/h1-12H,13-14H2. The number of carbonyl (C=O) groups excluding carboxylic acids is 1. The Bertz CT molecular complexity index is 895. The summed E-state index contributed by atoms with van der Waals surface area (Å²) in [4.78, 5) is 14.6. The Morgan fingerprint density at radius 2 is 1.46 bits per heavy atom. The van der Waals surface area contributed by atoms with Gasteiger partial charge in [0.05, 0.1) is 17.1 Å². The Kier molecular flexibility index (Phi) is 5.92. The van der Waals surface area contributed by atoms with E-state index in [0.29, 0.717) is 17.1 Å². The Hall–Kier alpha value is -2.36. The molecule has 0 aliphatic carbocycles. The molecule has 3 rings (SSSR count). The molecule has 0 fully saturated rings. The number of nitrogens with zero attached hydrogens (tertiary/aromatic N) is 1. The Morgan fingerprint density at radius 1 is 0.808 bits per heavy atom. The monoisotopic (exact) mass is 387 g/mol. The fourth-order valence-corrected chi connectivity index (χ4v) is 3.12. The fraction of sp³-hybridized carbons (Fsp3) is 0.0952. The lowest BCUT2D eigenvalue weighted by Gasteiger charge is -2.24. The first-order chi connectivity index (χ1) is 12.6. The van der Waals surface area contributed by atoms with Gasteiger partial charge < -0.3 is 4.90 Å². The average Bonchev–Trinajstić information content (AvgIpc) is 2.64. The van der Waals surface area contributed by atoms with Crippen LogP contribution in [0.3, 0.4) is 0 Å². The van der Waals surface area contributed by atoms with Gasteiger partial charge in [-0.2, -0.15) is 0 Å². The number of rotatable bonds is 5. The van der Waals surface area contributed by atoms with E-state index in [0.717, 1.165) is 5.56 Å². The van der Waals surface area contributed by atoms with E-state index in [4.69, 9.17) is 23.2 Å². The topological polar surface area (TPSA) is 20.3 Å². The van der Waals surface area contributed by atoms with Crippen LogP contribution in [-0.2, 0) is 13.1 Å². The van der Waals surface area contributed by atoms with Crippen molar-refractivity contribution >= 4 is 29.1 Å². The molecule has 2 nitrogen and oxygen atoms in total. The summed E-state index contributed by atoms with van der Waals surface area (Å²) in [5, 5.41) is 0.644. The summed E-state index contributed by atoms with van der Waals surface area (Å²) in [6.07, 6.45) is 0. The average molecular weight is 388 g/mol. The fourth-order valence-electron chi connectivity index (χ4n) is 2.68. The molecule has 0 saturated heterocycles. The van der Waals surface area contributed by atoms with Crippen LogP contribution in [0.25, 0.3) is 0 Å². The summed E-state index contributed by atoms with van der Waals surface area (Å²) >= 11 is 12.3. The summed E-state index contributed by atoms with van der Waals surface area (Å²) < 4.78 is 14.2. The molecule has 3 aromatic rings. The van der Waals surface area contributed by atoms with Crippen molar-refractivity contribution in [2.24, 2.45) is 0 Å². The number of amides is 1. The second-order valence-corrected chi connectivity index (χ2v) is 6.64.